The summed E-state index contributed by atoms with van der Waals surface area (Å²) in [4.78, 5) is 2.68. The zero-order valence-electron chi connectivity index (χ0n) is 15.5. The molecule has 2 atom stereocenters. The molecule has 0 spiro atoms. The van der Waals surface area contributed by atoms with Gasteiger partial charge < -0.3 is 4.74 Å². The van der Waals surface area contributed by atoms with Gasteiger partial charge >= 0.3 is 0 Å². The second-order valence-electron chi connectivity index (χ2n) is 7.30. The van der Waals surface area contributed by atoms with Crippen molar-refractivity contribution < 1.29 is 4.74 Å². The molecule has 0 N–H and O–H groups in total. The molecule has 2 aromatic carbocycles. The van der Waals surface area contributed by atoms with Crippen LogP contribution >= 0.6 is 0 Å². The molecule has 0 radical (unpaired) electrons. The van der Waals surface area contributed by atoms with Crippen molar-refractivity contribution >= 4 is 6.08 Å². The molecular weight excluding hydrogens is 318 g/mol. The molecular formula is C24H27NO. The molecule has 0 aromatic heterocycles. The monoisotopic (exact) mass is 345 g/mol. The quantitative estimate of drug-likeness (QED) is 0.696. The summed E-state index contributed by atoms with van der Waals surface area (Å²) in [5.41, 5.74) is 4.28. The second kappa shape index (κ2) is 7.92. The zero-order chi connectivity index (χ0) is 17.8. The summed E-state index contributed by atoms with van der Waals surface area (Å²) in [5, 5.41) is 0. The molecule has 26 heavy (non-hydrogen) atoms. The Balaban J connectivity index is 1.53. The van der Waals surface area contributed by atoms with E-state index >= 15 is 0 Å². The highest BCUT2D eigenvalue weighted by atomic mass is 16.5. The van der Waals surface area contributed by atoms with Gasteiger partial charge in [0.2, 0.25) is 0 Å². The van der Waals surface area contributed by atoms with Crippen molar-refractivity contribution in [3.8, 4) is 5.75 Å². The molecule has 1 heterocycles. The highest BCUT2D eigenvalue weighted by molar-refractivity contribution is 5.54. The summed E-state index contributed by atoms with van der Waals surface area (Å²) in [7, 11) is 1.72. The van der Waals surface area contributed by atoms with Crippen LogP contribution in [0.5, 0.6) is 5.75 Å². The van der Waals surface area contributed by atoms with Gasteiger partial charge in [-0.2, -0.15) is 0 Å². The molecule has 0 amide bonds. The van der Waals surface area contributed by atoms with Crippen molar-refractivity contribution in [2.45, 2.75) is 31.8 Å². The van der Waals surface area contributed by atoms with Gasteiger partial charge in [-0.3, -0.25) is 4.90 Å². The number of likely N-dealkylation sites (tertiary alicyclic amines) is 1. The number of fused-ring (bicyclic) bond motifs is 1. The molecule has 2 nitrogen and oxygen atoms in total. The molecule has 134 valence electrons. The van der Waals surface area contributed by atoms with Crippen molar-refractivity contribution in [2.24, 2.45) is 5.92 Å². The van der Waals surface area contributed by atoms with Gasteiger partial charge in [-0.15, -0.1) is 0 Å². The Labute approximate surface area is 156 Å². The average Bonchev–Trinajstić information content (AvgIpc) is 2.71. The summed E-state index contributed by atoms with van der Waals surface area (Å²) >= 11 is 0. The number of nitrogens with zero attached hydrogens (tertiary/aromatic N) is 1. The smallest absolute Gasteiger partial charge is 0.118 e. The lowest BCUT2D eigenvalue weighted by molar-refractivity contribution is 0.126. The van der Waals surface area contributed by atoms with Crippen LogP contribution in [0.2, 0.25) is 0 Å². The molecule has 0 saturated carbocycles. The van der Waals surface area contributed by atoms with Gasteiger partial charge in [-0.05, 0) is 42.5 Å². The van der Waals surface area contributed by atoms with Gasteiger partial charge in [-0.25, -0.2) is 0 Å². The molecule has 2 aliphatic rings. The lowest BCUT2D eigenvalue weighted by atomic mass is 9.78. The third kappa shape index (κ3) is 3.76. The van der Waals surface area contributed by atoms with E-state index in [1.54, 1.807) is 12.7 Å². The Kier molecular flexibility index (Phi) is 5.21. The van der Waals surface area contributed by atoms with Crippen molar-refractivity contribution in [3.05, 3.63) is 83.4 Å². The van der Waals surface area contributed by atoms with Gasteiger partial charge in [0.05, 0.1) is 7.11 Å². The Hall–Kier alpha value is -2.32. The summed E-state index contributed by atoms with van der Waals surface area (Å²) in [5.74, 6) is 1.48. The van der Waals surface area contributed by atoms with Crippen molar-refractivity contribution in [2.75, 3.05) is 13.7 Å². The van der Waals surface area contributed by atoms with Crippen molar-refractivity contribution in [1.29, 1.82) is 0 Å². The van der Waals surface area contributed by atoms with Crippen LogP contribution in [0.15, 0.2) is 72.3 Å². The minimum Gasteiger partial charge on any atom is -0.497 e. The maximum atomic E-state index is 5.29. The van der Waals surface area contributed by atoms with Crippen LogP contribution in [-0.4, -0.2) is 24.6 Å². The fraction of sp³-hybridized carbons (Fsp3) is 0.333. The third-order valence-electron chi connectivity index (χ3n) is 5.67. The van der Waals surface area contributed by atoms with Gasteiger partial charge in [0.15, 0.2) is 0 Å². The predicted octanol–water partition coefficient (Wildman–Crippen LogP) is 5.32. The number of methoxy groups -OCH3 is 1. The molecule has 1 aliphatic heterocycles. The minimum atomic E-state index is 0.552. The number of piperidine rings is 1. The molecule has 2 aromatic rings. The Morgan fingerprint density at radius 2 is 1.88 bits per heavy atom. The summed E-state index contributed by atoms with van der Waals surface area (Å²) < 4.78 is 5.29. The van der Waals surface area contributed by atoms with Crippen molar-refractivity contribution in [1.82, 2.24) is 4.90 Å². The fourth-order valence-electron chi connectivity index (χ4n) is 4.30. The minimum absolute atomic E-state index is 0.552. The summed E-state index contributed by atoms with van der Waals surface area (Å²) in [6, 6.07) is 19.9. The first-order chi connectivity index (χ1) is 12.8. The maximum Gasteiger partial charge on any atom is 0.118 e. The number of ether oxygens (including phenoxy) is 1. The Morgan fingerprint density at radius 3 is 2.65 bits per heavy atom. The molecule has 4 rings (SSSR count). The van der Waals surface area contributed by atoms with Gasteiger partial charge in [0.1, 0.15) is 5.75 Å². The van der Waals surface area contributed by atoms with Crippen LogP contribution in [0.1, 0.15) is 30.4 Å². The largest absolute Gasteiger partial charge is 0.497 e. The number of benzene rings is 2. The van der Waals surface area contributed by atoms with E-state index < -0.39 is 0 Å². The molecule has 2 heteroatoms. The van der Waals surface area contributed by atoms with Crippen LogP contribution in [0, 0.1) is 5.92 Å². The van der Waals surface area contributed by atoms with E-state index in [9.17, 15) is 0 Å². The summed E-state index contributed by atoms with van der Waals surface area (Å²) in [6.45, 7) is 2.16. The number of hydrogen-bond donors (Lipinski definition) is 0. The molecule has 0 unspecified atom stereocenters. The first-order valence-electron chi connectivity index (χ1n) is 9.62. The number of rotatable bonds is 4. The van der Waals surface area contributed by atoms with E-state index in [1.165, 1.54) is 24.0 Å². The lowest BCUT2D eigenvalue weighted by Crippen LogP contribution is -2.46. The second-order valence-corrected chi connectivity index (χ2v) is 7.30. The van der Waals surface area contributed by atoms with E-state index in [0.29, 0.717) is 12.0 Å². The standard InChI is InChI=1S/C24H27NO/c1-26-22-13-11-20(12-14-22)18-25-16-15-21(17-19-7-3-2-4-8-19)23-9-5-6-10-24(23)25/h2-5,7-9,11-14,17,23-24H,6,10,15-16,18H2,1H3/b21-17-/t23-,24+/m0/s1. The molecule has 1 fully saturated rings. The van der Waals surface area contributed by atoms with Crippen LogP contribution in [0.25, 0.3) is 6.08 Å². The number of allylic oxidation sites excluding steroid dienone is 1. The van der Waals surface area contributed by atoms with Crippen LogP contribution in [-0.2, 0) is 6.54 Å². The lowest BCUT2D eigenvalue weighted by Gasteiger charge is -2.43. The van der Waals surface area contributed by atoms with Crippen LogP contribution in [0.4, 0.5) is 0 Å². The van der Waals surface area contributed by atoms with Crippen molar-refractivity contribution in [3.63, 3.8) is 0 Å². The predicted molar refractivity (Wildman–Crippen MR) is 108 cm³/mol. The van der Waals surface area contributed by atoms with E-state index in [-0.39, 0.29) is 0 Å². The fourth-order valence-corrected chi connectivity index (χ4v) is 4.30. The molecule has 0 bridgehead atoms. The Morgan fingerprint density at radius 1 is 1.08 bits per heavy atom. The summed E-state index contributed by atoms with van der Waals surface area (Å²) in [6.07, 6.45) is 10.8. The third-order valence-corrected chi connectivity index (χ3v) is 5.67. The number of hydrogen-bond acceptors (Lipinski definition) is 2. The van der Waals surface area contributed by atoms with E-state index in [2.05, 4.69) is 77.7 Å². The molecule has 1 saturated heterocycles. The molecule has 1 aliphatic carbocycles. The van der Waals surface area contributed by atoms with Gasteiger partial charge in [-0.1, -0.05) is 66.3 Å². The maximum absolute atomic E-state index is 5.29. The average molecular weight is 345 g/mol. The zero-order valence-corrected chi connectivity index (χ0v) is 15.5. The van der Waals surface area contributed by atoms with Gasteiger partial charge in [0, 0.05) is 25.0 Å². The normalized spacial score (nSPS) is 24.4. The van der Waals surface area contributed by atoms with E-state index in [0.717, 1.165) is 25.3 Å². The Bertz CT molecular complexity index is 776. The van der Waals surface area contributed by atoms with Crippen LogP contribution < -0.4 is 4.74 Å². The first-order valence-corrected chi connectivity index (χ1v) is 9.62. The topological polar surface area (TPSA) is 12.5 Å². The van der Waals surface area contributed by atoms with Gasteiger partial charge in [0.25, 0.3) is 0 Å². The van der Waals surface area contributed by atoms with E-state index in [1.807, 2.05) is 0 Å². The highest BCUT2D eigenvalue weighted by Gasteiger charge is 2.33. The SMILES string of the molecule is COc1ccc(CN2CC/C(=C/c3ccccc3)[C@@H]3C=CCC[C@H]32)cc1. The highest BCUT2D eigenvalue weighted by Crippen LogP contribution is 2.37. The first kappa shape index (κ1) is 17.1. The van der Waals surface area contributed by atoms with Crippen LogP contribution in [0.3, 0.4) is 0 Å². The van der Waals surface area contributed by atoms with E-state index in [4.69, 9.17) is 4.74 Å².